The fraction of sp³-hybridized carbons (Fsp3) is 0.556. The number of carboxylic acids is 1. The molecule has 0 aromatic heterocycles. The van der Waals surface area contributed by atoms with Crippen LogP contribution in [0.3, 0.4) is 0 Å². The van der Waals surface area contributed by atoms with Gasteiger partial charge in [0.1, 0.15) is 5.75 Å². The molecule has 1 amide bonds. The molecule has 1 aromatic rings. The molecule has 2 atom stereocenters. The summed E-state index contributed by atoms with van der Waals surface area (Å²) in [6.45, 7) is 1.26. The first-order chi connectivity index (χ1) is 13.5. The van der Waals surface area contributed by atoms with Crippen LogP contribution in [-0.2, 0) is 25.4 Å². The molecule has 28 heavy (non-hydrogen) atoms. The fourth-order valence-electron chi connectivity index (χ4n) is 2.78. The van der Waals surface area contributed by atoms with Crippen molar-refractivity contribution in [1.82, 2.24) is 5.32 Å². The van der Waals surface area contributed by atoms with E-state index in [9.17, 15) is 14.6 Å². The number of amides is 1. The molecule has 0 saturated carbocycles. The van der Waals surface area contributed by atoms with Gasteiger partial charge in [-0.15, -0.1) is 0 Å². The summed E-state index contributed by atoms with van der Waals surface area (Å²) in [4.78, 5) is 23.1. The second kappa shape index (κ2) is 11.7. The maximum atomic E-state index is 12.3. The standard InChI is InChI=1S/C18H27BN2O7/c20-6-1-2-7-27-14-5-3-4-13(8-14)9-17(22)21-16-12-26-11-15(10-18(23)24)28-19(16)25/h3-5,8,15-16,25H,1-2,6-7,9-12,20H2,(H,21,22)(H,23,24)/t15-,16-/m0/s1. The first-order valence-electron chi connectivity index (χ1n) is 9.32. The Hall–Kier alpha value is -2.14. The van der Waals surface area contributed by atoms with E-state index in [4.69, 9.17) is 25.0 Å². The molecule has 0 radical (unpaired) electrons. The van der Waals surface area contributed by atoms with E-state index in [-0.39, 0.29) is 32.0 Å². The van der Waals surface area contributed by atoms with Gasteiger partial charge in [-0.05, 0) is 37.1 Å². The van der Waals surface area contributed by atoms with Crippen LogP contribution in [0, 0.1) is 0 Å². The highest BCUT2D eigenvalue weighted by Gasteiger charge is 2.35. The molecule has 1 saturated heterocycles. The molecule has 0 bridgehead atoms. The molecule has 154 valence electrons. The van der Waals surface area contributed by atoms with E-state index in [0.29, 0.717) is 18.9 Å². The highest BCUT2D eigenvalue weighted by Crippen LogP contribution is 2.15. The lowest BCUT2D eigenvalue weighted by Gasteiger charge is -2.19. The third-order valence-corrected chi connectivity index (χ3v) is 4.16. The van der Waals surface area contributed by atoms with Gasteiger partial charge in [-0.1, -0.05) is 12.1 Å². The summed E-state index contributed by atoms with van der Waals surface area (Å²) in [7, 11) is -1.34. The van der Waals surface area contributed by atoms with Crippen molar-refractivity contribution < 1.29 is 33.8 Å². The zero-order valence-corrected chi connectivity index (χ0v) is 15.7. The predicted octanol–water partition coefficient (Wildman–Crippen LogP) is -0.259. The Morgan fingerprint density at radius 3 is 2.89 bits per heavy atom. The highest BCUT2D eigenvalue weighted by molar-refractivity contribution is 6.45. The average Bonchev–Trinajstić information content (AvgIpc) is 2.80. The molecule has 1 aliphatic rings. The van der Waals surface area contributed by atoms with Crippen LogP contribution in [0.1, 0.15) is 24.8 Å². The minimum atomic E-state index is -1.34. The Morgan fingerprint density at radius 2 is 2.14 bits per heavy atom. The molecular weight excluding hydrogens is 367 g/mol. The van der Waals surface area contributed by atoms with Crippen molar-refractivity contribution in [3.8, 4) is 5.75 Å². The summed E-state index contributed by atoms with van der Waals surface area (Å²) >= 11 is 0. The Bertz CT molecular complexity index is 646. The minimum absolute atomic E-state index is 0.0350. The molecule has 0 aliphatic carbocycles. The predicted molar refractivity (Wildman–Crippen MR) is 102 cm³/mol. The molecule has 1 aromatic carbocycles. The zero-order valence-electron chi connectivity index (χ0n) is 15.7. The third-order valence-electron chi connectivity index (χ3n) is 4.16. The molecule has 1 heterocycles. The normalized spacial score (nSPS) is 19.7. The number of carboxylic acid groups (broad SMARTS) is 1. The van der Waals surface area contributed by atoms with Gasteiger partial charge in [-0.25, -0.2) is 0 Å². The summed E-state index contributed by atoms with van der Waals surface area (Å²) in [5.74, 6) is -1.45. The van der Waals surface area contributed by atoms with Gasteiger partial charge in [0.05, 0.1) is 44.7 Å². The topological polar surface area (TPSA) is 140 Å². The number of unbranched alkanes of at least 4 members (excludes halogenated alkanes) is 1. The zero-order chi connectivity index (χ0) is 20.4. The number of nitrogens with one attached hydrogen (secondary N) is 1. The van der Waals surface area contributed by atoms with Crippen molar-refractivity contribution in [2.75, 3.05) is 26.4 Å². The SMILES string of the molecule is NCCCCOc1cccc(CC(=O)N[C@H]2COC[C@H](CC(=O)O)OB2O)c1. The number of carbonyl (C=O) groups excluding carboxylic acids is 1. The summed E-state index contributed by atoms with van der Waals surface area (Å²) < 4.78 is 16.3. The number of rotatable bonds is 10. The summed E-state index contributed by atoms with van der Waals surface area (Å²) in [5.41, 5.74) is 6.22. The number of benzene rings is 1. The molecule has 9 nitrogen and oxygen atoms in total. The quantitative estimate of drug-likeness (QED) is 0.314. The lowest BCUT2D eigenvalue weighted by molar-refractivity contribution is -0.139. The number of ether oxygens (including phenoxy) is 2. The maximum absolute atomic E-state index is 12.3. The summed E-state index contributed by atoms with van der Waals surface area (Å²) in [5, 5.41) is 21.6. The van der Waals surface area contributed by atoms with Gasteiger partial charge in [0.25, 0.3) is 0 Å². The molecule has 0 unspecified atom stereocenters. The van der Waals surface area contributed by atoms with Crippen LogP contribution >= 0.6 is 0 Å². The second-order valence-corrected chi connectivity index (χ2v) is 6.63. The van der Waals surface area contributed by atoms with Crippen LogP contribution in [0.2, 0.25) is 0 Å². The minimum Gasteiger partial charge on any atom is -0.494 e. The number of hydrogen-bond donors (Lipinski definition) is 4. The Kier molecular flexibility index (Phi) is 9.22. The van der Waals surface area contributed by atoms with E-state index in [2.05, 4.69) is 5.32 Å². The van der Waals surface area contributed by atoms with Gasteiger partial charge in [0, 0.05) is 0 Å². The Morgan fingerprint density at radius 1 is 1.32 bits per heavy atom. The number of carbonyl (C=O) groups is 2. The van der Waals surface area contributed by atoms with Crippen LogP contribution in [0.4, 0.5) is 0 Å². The first kappa shape index (κ1) is 22.2. The van der Waals surface area contributed by atoms with Crippen LogP contribution in [0.5, 0.6) is 5.75 Å². The monoisotopic (exact) mass is 394 g/mol. The first-order valence-corrected chi connectivity index (χ1v) is 9.32. The van der Waals surface area contributed by atoms with E-state index < -0.39 is 25.1 Å². The van der Waals surface area contributed by atoms with Gasteiger partial charge in [-0.3, -0.25) is 9.59 Å². The summed E-state index contributed by atoms with van der Waals surface area (Å²) in [6.07, 6.45) is 0.812. The maximum Gasteiger partial charge on any atom is 0.480 e. The fourth-order valence-corrected chi connectivity index (χ4v) is 2.78. The number of nitrogens with two attached hydrogens (primary N) is 1. The molecule has 1 aliphatic heterocycles. The Balaban J connectivity index is 1.83. The highest BCUT2D eigenvalue weighted by atomic mass is 16.6. The molecule has 1 fully saturated rings. The van der Waals surface area contributed by atoms with Crippen molar-refractivity contribution in [2.45, 2.75) is 37.7 Å². The van der Waals surface area contributed by atoms with E-state index in [0.717, 1.165) is 18.4 Å². The number of hydrogen-bond acceptors (Lipinski definition) is 7. The van der Waals surface area contributed by atoms with Crippen molar-refractivity contribution in [3.05, 3.63) is 29.8 Å². The smallest absolute Gasteiger partial charge is 0.480 e. The van der Waals surface area contributed by atoms with Gasteiger partial charge in [0.2, 0.25) is 5.91 Å². The summed E-state index contributed by atoms with van der Waals surface area (Å²) in [6, 6.07) is 7.24. The van der Waals surface area contributed by atoms with Crippen LogP contribution in [0.15, 0.2) is 24.3 Å². The molecule has 5 N–H and O–H groups in total. The average molecular weight is 394 g/mol. The largest absolute Gasteiger partial charge is 0.494 e. The third kappa shape index (κ3) is 7.85. The second-order valence-electron chi connectivity index (χ2n) is 6.63. The van der Waals surface area contributed by atoms with Gasteiger partial charge in [-0.2, -0.15) is 0 Å². The van der Waals surface area contributed by atoms with Crippen LogP contribution in [-0.4, -0.2) is 67.5 Å². The Labute approximate surface area is 164 Å². The van der Waals surface area contributed by atoms with E-state index in [1.54, 1.807) is 6.07 Å². The molecular formula is C18H27BN2O7. The lowest BCUT2D eigenvalue weighted by Crippen LogP contribution is -2.50. The van der Waals surface area contributed by atoms with Crippen molar-refractivity contribution in [1.29, 1.82) is 0 Å². The van der Waals surface area contributed by atoms with Gasteiger partial charge in [0.15, 0.2) is 0 Å². The van der Waals surface area contributed by atoms with Crippen LogP contribution < -0.4 is 15.8 Å². The molecule has 0 spiro atoms. The van der Waals surface area contributed by atoms with E-state index >= 15 is 0 Å². The van der Waals surface area contributed by atoms with E-state index in [1.165, 1.54) is 0 Å². The molecule has 2 rings (SSSR count). The van der Waals surface area contributed by atoms with E-state index in [1.807, 2.05) is 18.2 Å². The van der Waals surface area contributed by atoms with Crippen molar-refractivity contribution >= 4 is 19.0 Å². The van der Waals surface area contributed by atoms with Gasteiger partial charge < -0.3 is 35.3 Å². The van der Waals surface area contributed by atoms with Gasteiger partial charge >= 0.3 is 13.1 Å². The molecule has 10 heteroatoms. The van der Waals surface area contributed by atoms with Crippen molar-refractivity contribution in [3.63, 3.8) is 0 Å². The number of aliphatic carboxylic acids is 1. The van der Waals surface area contributed by atoms with Crippen molar-refractivity contribution in [2.24, 2.45) is 5.73 Å². The lowest BCUT2D eigenvalue weighted by atomic mass is 9.79. The van der Waals surface area contributed by atoms with Crippen LogP contribution in [0.25, 0.3) is 0 Å².